The van der Waals surface area contributed by atoms with Crippen molar-refractivity contribution < 1.29 is 0 Å². The summed E-state index contributed by atoms with van der Waals surface area (Å²) in [5, 5.41) is 0. The molecule has 0 aliphatic heterocycles. The highest BCUT2D eigenvalue weighted by Crippen LogP contribution is 2.31. The number of unbranched alkanes of at least 4 members (excludes halogenated alkanes) is 2. The normalized spacial score (nSPS) is 11.8. The molecule has 0 spiro atoms. The molecule has 0 fully saturated rings. The van der Waals surface area contributed by atoms with E-state index in [1.54, 1.807) is 0 Å². The van der Waals surface area contributed by atoms with Gasteiger partial charge in [0.15, 0.2) is 0 Å². The molecule has 0 N–H and O–H groups in total. The smallest absolute Gasteiger partial charge is 0.0109 e. The molecule has 0 amide bonds. The molecule has 90 valence electrons. The minimum atomic E-state index is 0.192. The maximum absolute atomic E-state index is 4.71. The summed E-state index contributed by atoms with van der Waals surface area (Å²) in [6.45, 7) is 8.99. The van der Waals surface area contributed by atoms with Crippen LogP contribution in [0, 0.1) is 0 Å². The zero-order valence-electron chi connectivity index (χ0n) is 11.0. The summed E-state index contributed by atoms with van der Waals surface area (Å²) in [5.41, 5.74) is 2.96. The van der Waals surface area contributed by atoms with Crippen LogP contribution in [0.4, 0.5) is 0 Å². The zero-order chi connectivity index (χ0) is 12.2. The molecule has 0 atom stereocenters. The summed E-state index contributed by atoms with van der Waals surface area (Å²) in [7, 11) is 0. The fraction of sp³-hybridized carbons (Fsp3) is 0.600. The predicted molar refractivity (Wildman–Crippen MR) is 75.6 cm³/mol. The lowest BCUT2D eigenvalue weighted by atomic mass is 9.85. The average Bonchev–Trinajstić information content (AvgIpc) is 2.19. The first-order valence-electron chi connectivity index (χ1n) is 6.28. The number of aryl methyl sites for hydroxylation is 1. The Hall–Kier alpha value is -0.430. The second-order valence-corrected chi connectivity index (χ2v) is 5.97. The molecule has 0 aliphatic rings. The maximum atomic E-state index is 4.71. The molecule has 1 aromatic rings. The first kappa shape index (κ1) is 13.6. The largest absolute Gasteiger partial charge is 0.143 e. The molecule has 1 aromatic carbocycles. The van der Waals surface area contributed by atoms with Gasteiger partial charge in [-0.1, -0.05) is 58.7 Å². The summed E-state index contributed by atoms with van der Waals surface area (Å²) in [5.74, 6) is 0. The molecule has 16 heavy (non-hydrogen) atoms. The molecule has 0 bridgehead atoms. The van der Waals surface area contributed by atoms with Crippen LogP contribution in [0.1, 0.15) is 58.1 Å². The van der Waals surface area contributed by atoms with E-state index in [0.717, 1.165) is 6.42 Å². The van der Waals surface area contributed by atoms with Gasteiger partial charge in [0.2, 0.25) is 0 Å². The zero-order valence-corrected chi connectivity index (χ0v) is 11.9. The van der Waals surface area contributed by atoms with Gasteiger partial charge in [0.25, 0.3) is 0 Å². The van der Waals surface area contributed by atoms with Crippen LogP contribution < -0.4 is 0 Å². The first-order chi connectivity index (χ1) is 7.46. The van der Waals surface area contributed by atoms with Gasteiger partial charge in [0.05, 0.1) is 0 Å². The Kier molecular flexibility index (Phi) is 4.91. The van der Waals surface area contributed by atoms with Gasteiger partial charge < -0.3 is 0 Å². The molecule has 1 heteroatoms. The SMILES string of the molecule is CCCCCc1cccc(C(C)(C)C)c1S. The molecule has 0 radical (unpaired) electrons. The number of hydrogen-bond acceptors (Lipinski definition) is 1. The Balaban J connectivity index is 2.87. The third-order valence-corrected chi connectivity index (χ3v) is 3.51. The number of thiol groups is 1. The van der Waals surface area contributed by atoms with Gasteiger partial charge in [-0.3, -0.25) is 0 Å². The van der Waals surface area contributed by atoms with Crippen molar-refractivity contribution in [2.75, 3.05) is 0 Å². The summed E-state index contributed by atoms with van der Waals surface area (Å²) >= 11 is 4.71. The second-order valence-electron chi connectivity index (χ2n) is 5.52. The van der Waals surface area contributed by atoms with E-state index in [1.165, 1.54) is 35.3 Å². The Morgan fingerprint density at radius 1 is 1.12 bits per heavy atom. The Morgan fingerprint density at radius 3 is 2.38 bits per heavy atom. The van der Waals surface area contributed by atoms with Crippen LogP contribution >= 0.6 is 12.6 Å². The van der Waals surface area contributed by atoms with E-state index in [9.17, 15) is 0 Å². The Bertz CT molecular complexity index is 334. The number of benzene rings is 1. The molecule has 0 aromatic heterocycles. The fourth-order valence-electron chi connectivity index (χ4n) is 1.96. The van der Waals surface area contributed by atoms with Crippen molar-refractivity contribution in [1.29, 1.82) is 0 Å². The molecule has 0 saturated heterocycles. The first-order valence-corrected chi connectivity index (χ1v) is 6.73. The van der Waals surface area contributed by atoms with Gasteiger partial charge in [0.1, 0.15) is 0 Å². The molecular formula is C15H24S. The summed E-state index contributed by atoms with van der Waals surface area (Å²) in [4.78, 5) is 1.20. The van der Waals surface area contributed by atoms with Gasteiger partial charge >= 0.3 is 0 Å². The highest BCUT2D eigenvalue weighted by atomic mass is 32.1. The molecule has 0 heterocycles. The van der Waals surface area contributed by atoms with Gasteiger partial charge in [-0.15, -0.1) is 12.6 Å². The van der Waals surface area contributed by atoms with Crippen LogP contribution in [0.15, 0.2) is 23.1 Å². The summed E-state index contributed by atoms with van der Waals surface area (Å²) in [6.07, 6.45) is 5.03. The van der Waals surface area contributed by atoms with Crippen LogP contribution in [-0.2, 0) is 11.8 Å². The average molecular weight is 236 g/mol. The monoisotopic (exact) mass is 236 g/mol. The molecule has 0 saturated carbocycles. The van der Waals surface area contributed by atoms with Crippen molar-refractivity contribution in [3.8, 4) is 0 Å². The Labute approximate surface area is 106 Å². The van der Waals surface area contributed by atoms with Crippen molar-refractivity contribution in [1.82, 2.24) is 0 Å². The highest BCUT2D eigenvalue weighted by molar-refractivity contribution is 7.80. The van der Waals surface area contributed by atoms with E-state index in [1.807, 2.05) is 0 Å². The van der Waals surface area contributed by atoms with E-state index in [4.69, 9.17) is 12.6 Å². The van der Waals surface area contributed by atoms with Crippen LogP contribution in [-0.4, -0.2) is 0 Å². The minimum absolute atomic E-state index is 0.192. The minimum Gasteiger partial charge on any atom is -0.143 e. The predicted octanol–water partition coefficient (Wildman–Crippen LogP) is 5.01. The van der Waals surface area contributed by atoms with Gasteiger partial charge in [-0.05, 0) is 29.4 Å². The van der Waals surface area contributed by atoms with Crippen LogP contribution in [0.25, 0.3) is 0 Å². The third-order valence-electron chi connectivity index (χ3n) is 2.98. The summed E-state index contributed by atoms with van der Waals surface area (Å²) < 4.78 is 0. The number of rotatable bonds is 4. The van der Waals surface area contributed by atoms with Crippen molar-refractivity contribution >= 4 is 12.6 Å². The summed E-state index contributed by atoms with van der Waals surface area (Å²) in [6, 6.07) is 6.58. The number of hydrogen-bond donors (Lipinski definition) is 1. The standard InChI is InChI=1S/C15H24S/c1-5-6-7-9-12-10-8-11-13(14(12)16)15(2,3)4/h8,10-11,16H,5-7,9H2,1-4H3. The lowest BCUT2D eigenvalue weighted by Gasteiger charge is -2.22. The van der Waals surface area contributed by atoms with E-state index < -0.39 is 0 Å². The van der Waals surface area contributed by atoms with Gasteiger partial charge in [-0.25, -0.2) is 0 Å². The van der Waals surface area contributed by atoms with E-state index >= 15 is 0 Å². The van der Waals surface area contributed by atoms with Crippen LogP contribution in [0.3, 0.4) is 0 Å². The highest BCUT2D eigenvalue weighted by Gasteiger charge is 2.17. The lowest BCUT2D eigenvalue weighted by molar-refractivity contribution is 0.575. The molecule has 0 unspecified atom stereocenters. The third kappa shape index (κ3) is 3.55. The molecule has 0 nitrogen and oxygen atoms in total. The van der Waals surface area contributed by atoms with Gasteiger partial charge in [0, 0.05) is 4.90 Å². The maximum Gasteiger partial charge on any atom is 0.0109 e. The van der Waals surface area contributed by atoms with Crippen LogP contribution in [0.5, 0.6) is 0 Å². The van der Waals surface area contributed by atoms with E-state index in [0.29, 0.717) is 0 Å². The quantitative estimate of drug-likeness (QED) is 0.551. The van der Waals surface area contributed by atoms with Crippen LogP contribution in [0.2, 0.25) is 0 Å². The lowest BCUT2D eigenvalue weighted by Crippen LogP contribution is -2.13. The molecular weight excluding hydrogens is 212 g/mol. The van der Waals surface area contributed by atoms with E-state index in [2.05, 4.69) is 45.9 Å². The fourth-order valence-corrected chi connectivity index (χ4v) is 2.56. The van der Waals surface area contributed by atoms with Crippen molar-refractivity contribution in [3.63, 3.8) is 0 Å². The van der Waals surface area contributed by atoms with Gasteiger partial charge in [-0.2, -0.15) is 0 Å². The van der Waals surface area contributed by atoms with Crippen molar-refractivity contribution in [3.05, 3.63) is 29.3 Å². The molecule has 0 aliphatic carbocycles. The second kappa shape index (κ2) is 5.77. The van der Waals surface area contributed by atoms with Crippen molar-refractivity contribution in [2.45, 2.75) is 63.7 Å². The Morgan fingerprint density at radius 2 is 1.81 bits per heavy atom. The topological polar surface area (TPSA) is 0 Å². The van der Waals surface area contributed by atoms with Crippen molar-refractivity contribution in [2.24, 2.45) is 0 Å². The van der Waals surface area contributed by atoms with E-state index in [-0.39, 0.29) is 5.41 Å². The molecule has 1 rings (SSSR count).